The minimum Gasteiger partial charge on any atom is -0.467 e. The number of carbonyl (C=O) groups is 2. The number of carbonyl (C=O) groups excluding carboxylic acids is 2. The lowest BCUT2D eigenvalue weighted by Gasteiger charge is -2.43. The molecule has 2 atom stereocenters. The van der Waals surface area contributed by atoms with Crippen LogP contribution in [0.4, 0.5) is 0 Å². The molecule has 0 spiro atoms. The summed E-state index contributed by atoms with van der Waals surface area (Å²) in [7, 11) is -1.89. The molecule has 3 aromatic carbocycles. The molecular weight excluding hydrogens is 556 g/mol. The number of aliphatic hydroxyl groups excluding tert-OH is 1. The quantitative estimate of drug-likeness (QED) is 0.191. The van der Waals surface area contributed by atoms with Crippen LogP contribution in [0, 0.1) is 0 Å². The highest BCUT2D eigenvalue weighted by Crippen LogP contribution is 2.37. The van der Waals surface area contributed by atoms with Crippen LogP contribution < -0.4 is 10.4 Å². The maximum atomic E-state index is 13.2. The van der Waals surface area contributed by atoms with Gasteiger partial charge >= 0.3 is 11.9 Å². The van der Waals surface area contributed by atoms with E-state index in [-0.39, 0.29) is 17.4 Å². The molecule has 0 bridgehead atoms. The monoisotopic (exact) mass is 590 g/mol. The van der Waals surface area contributed by atoms with Gasteiger partial charge in [-0.2, -0.15) is 0 Å². The molecule has 0 unspecified atom stereocenters. The first kappa shape index (κ1) is 30.3. The third-order valence-electron chi connectivity index (χ3n) is 6.68. The van der Waals surface area contributed by atoms with Crippen LogP contribution in [0.2, 0.25) is 5.04 Å². The highest BCUT2D eigenvalue weighted by atomic mass is 32.2. The van der Waals surface area contributed by atoms with E-state index < -0.39 is 32.5 Å². The molecule has 0 saturated carbocycles. The number of furan rings is 1. The number of aliphatic hydroxyl groups is 1. The van der Waals surface area contributed by atoms with Crippen LogP contribution in [0.5, 0.6) is 0 Å². The van der Waals surface area contributed by atoms with Gasteiger partial charge in [-0.05, 0) is 39.7 Å². The fourth-order valence-electron chi connectivity index (χ4n) is 4.72. The van der Waals surface area contributed by atoms with Crippen molar-refractivity contribution in [1.29, 1.82) is 0 Å². The Bertz CT molecular complexity index is 1380. The Morgan fingerprint density at radius 1 is 0.854 bits per heavy atom. The van der Waals surface area contributed by atoms with Crippen LogP contribution >= 0.6 is 11.8 Å². The van der Waals surface area contributed by atoms with Gasteiger partial charge in [0.1, 0.15) is 0 Å². The van der Waals surface area contributed by atoms with E-state index in [0.717, 1.165) is 22.4 Å². The van der Waals surface area contributed by atoms with Crippen molar-refractivity contribution in [3.05, 3.63) is 109 Å². The van der Waals surface area contributed by atoms with Gasteiger partial charge in [-0.25, -0.2) is 9.59 Å². The predicted molar refractivity (Wildman–Crippen MR) is 160 cm³/mol. The Balaban J connectivity index is 1.63. The second-order valence-corrected chi connectivity index (χ2v) is 15.8. The van der Waals surface area contributed by atoms with E-state index in [1.807, 2.05) is 91.0 Å². The van der Waals surface area contributed by atoms with Gasteiger partial charge in [0.25, 0.3) is 8.32 Å². The lowest BCUT2D eigenvalue weighted by atomic mass is 10.2. The molecule has 7 nitrogen and oxygen atoms in total. The number of methoxy groups -OCH3 is 1. The predicted octanol–water partition coefficient (Wildman–Crippen LogP) is 5.07. The Labute approximate surface area is 245 Å². The number of hydrogen-bond acceptors (Lipinski definition) is 8. The van der Waals surface area contributed by atoms with Gasteiger partial charge in [0.15, 0.2) is 17.3 Å². The Morgan fingerprint density at radius 3 is 1.90 bits per heavy atom. The molecule has 4 rings (SSSR count). The van der Waals surface area contributed by atoms with Crippen LogP contribution in [0.3, 0.4) is 0 Å². The SMILES string of the molecule is COC(=O)[C@H](O)[C@@H](CO[Si](c1ccccc1)(c1ccccc1)C(C)(C)C)OC(=O)c1ccc(Sc2ccccc2)o1. The van der Waals surface area contributed by atoms with E-state index >= 15 is 0 Å². The molecule has 0 fully saturated rings. The number of esters is 2. The van der Waals surface area contributed by atoms with Crippen molar-refractivity contribution in [3.63, 3.8) is 0 Å². The summed E-state index contributed by atoms with van der Waals surface area (Å²) in [6.45, 7) is 6.06. The first-order valence-corrected chi connectivity index (χ1v) is 15.9. The van der Waals surface area contributed by atoms with Crippen molar-refractivity contribution >= 4 is 42.4 Å². The van der Waals surface area contributed by atoms with Crippen LogP contribution in [0.25, 0.3) is 0 Å². The second kappa shape index (κ2) is 13.4. The molecule has 0 aliphatic heterocycles. The smallest absolute Gasteiger partial charge is 0.374 e. The molecule has 0 radical (unpaired) electrons. The molecule has 4 aromatic rings. The van der Waals surface area contributed by atoms with Gasteiger partial charge in [0.05, 0.1) is 13.7 Å². The highest BCUT2D eigenvalue weighted by Gasteiger charge is 2.51. The zero-order valence-electron chi connectivity index (χ0n) is 23.5. The van der Waals surface area contributed by atoms with E-state index in [0.29, 0.717) is 5.09 Å². The molecule has 9 heteroatoms. The molecule has 0 saturated heterocycles. The van der Waals surface area contributed by atoms with Crippen molar-refractivity contribution in [2.24, 2.45) is 0 Å². The summed E-state index contributed by atoms with van der Waals surface area (Å²) in [5, 5.41) is 13.0. The standard InChI is InChI=1S/C32H34O7SSi/c1-32(2,3)41(24-16-10-6-11-17-24,25-18-12-7-13-19-25)37-22-27(29(33)31(35)36-4)39-30(34)26-20-21-28(38-26)40-23-14-8-5-9-15-23/h5-21,27,29,33H,22H2,1-4H3/t27-,29-/m1/s1. The normalized spacial score (nSPS) is 13.3. The molecule has 1 aromatic heterocycles. The average molecular weight is 591 g/mol. The van der Waals surface area contributed by atoms with Crippen molar-refractivity contribution < 1.29 is 33.0 Å². The minimum absolute atomic E-state index is 0.0593. The first-order valence-electron chi connectivity index (χ1n) is 13.2. The summed E-state index contributed by atoms with van der Waals surface area (Å²) in [6, 6.07) is 32.6. The van der Waals surface area contributed by atoms with Gasteiger partial charge in [-0.1, -0.05) is 111 Å². The van der Waals surface area contributed by atoms with Crippen molar-refractivity contribution in [2.75, 3.05) is 13.7 Å². The van der Waals surface area contributed by atoms with Crippen LogP contribution in [-0.2, 0) is 18.7 Å². The van der Waals surface area contributed by atoms with Gasteiger partial charge in [0.2, 0.25) is 5.76 Å². The zero-order valence-corrected chi connectivity index (χ0v) is 25.3. The van der Waals surface area contributed by atoms with Gasteiger partial charge in [-0.15, -0.1) is 0 Å². The lowest BCUT2D eigenvalue weighted by molar-refractivity contribution is -0.158. The maximum Gasteiger partial charge on any atom is 0.374 e. The molecule has 41 heavy (non-hydrogen) atoms. The topological polar surface area (TPSA) is 95.2 Å². The summed E-state index contributed by atoms with van der Waals surface area (Å²) in [6.07, 6.45) is -3.12. The molecule has 1 heterocycles. The highest BCUT2D eigenvalue weighted by molar-refractivity contribution is 7.99. The number of benzene rings is 3. The van der Waals surface area contributed by atoms with Gasteiger partial charge in [-0.3, -0.25) is 0 Å². The fraction of sp³-hybridized carbons (Fsp3) is 0.250. The number of hydrogen-bond donors (Lipinski definition) is 1. The van der Waals surface area contributed by atoms with Gasteiger partial charge in [0, 0.05) is 4.90 Å². The van der Waals surface area contributed by atoms with Crippen molar-refractivity contribution in [2.45, 2.75) is 48.0 Å². The average Bonchev–Trinajstić information content (AvgIpc) is 3.45. The Hall–Kier alpha value is -3.63. The summed E-state index contributed by atoms with van der Waals surface area (Å²) in [5.74, 6) is -1.83. The van der Waals surface area contributed by atoms with Crippen molar-refractivity contribution in [3.8, 4) is 0 Å². The molecule has 1 N–H and O–H groups in total. The third kappa shape index (κ3) is 6.99. The molecule has 0 aliphatic carbocycles. The molecule has 0 amide bonds. The van der Waals surface area contributed by atoms with Crippen LogP contribution in [-0.4, -0.2) is 51.3 Å². The summed E-state index contributed by atoms with van der Waals surface area (Å²) >= 11 is 1.35. The Morgan fingerprint density at radius 2 is 1.39 bits per heavy atom. The second-order valence-electron chi connectivity index (χ2n) is 10.4. The molecular formula is C32H34O7SSi. The Kier molecular flexibility index (Phi) is 9.88. The van der Waals surface area contributed by atoms with Crippen LogP contribution in [0.15, 0.2) is 118 Å². The van der Waals surface area contributed by atoms with E-state index in [1.165, 1.54) is 17.8 Å². The third-order valence-corrected chi connectivity index (χ3v) is 12.6. The van der Waals surface area contributed by atoms with Crippen LogP contribution in [0.1, 0.15) is 31.3 Å². The van der Waals surface area contributed by atoms with E-state index in [9.17, 15) is 14.7 Å². The first-order chi connectivity index (χ1) is 19.7. The molecule has 0 aliphatic rings. The number of ether oxygens (including phenoxy) is 2. The maximum absolute atomic E-state index is 13.2. The summed E-state index contributed by atoms with van der Waals surface area (Å²) < 4.78 is 23.0. The zero-order chi connectivity index (χ0) is 29.5. The lowest BCUT2D eigenvalue weighted by Crippen LogP contribution is -2.67. The molecule has 214 valence electrons. The minimum atomic E-state index is -3.05. The largest absolute Gasteiger partial charge is 0.467 e. The van der Waals surface area contributed by atoms with E-state index in [1.54, 1.807) is 6.07 Å². The fourth-order valence-corrected chi connectivity index (χ4v) is 10.1. The van der Waals surface area contributed by atoms with Crippen molar-refractivity contribution in [1.82, 2.24) is 0 Å². The van der Waals surface area contributed by atoms with E-state index in [2.05, 4.69) is 20.8 Å². The summed E-state index contributed by atoms with van der Waals surface area (Å²) in [4.78, 5) is 26.5. The van der Waals surface area contributed by atoms with E-state index in [4.69, 9.17) is 18.3 Å². The van der Waals surface area contributed by atoms with Gasteiger partial charge < -0.3 is 23.4 Å². The number of rotatable bonds is 11. The summed E-state index contributed by atoms with van der Waals surface area (Å²) in [5.41, 5.74) is 0.